The maximum Gasteiger partial charge on any atom is 0.123 e. The average Bonchev–Trinajstić information content (AvgIpc) is 2.52. The summed E-state index contributed by atoms with van der Waals surface area (Å²) in [6, 6.07) is 13.2. The summed E-state index contributed by atoms with van der Waals surface area (Å²) < 4.78 is 11.2. The van der Waals surface area contributed by atoms with Crippen LogP contribution >= 0.6 is 0 Å². The Hall–Kier alpha value is -1.58. The van der Waals surface area contributed by atoms with Gasteiger partial charge in [0.15, 0.2) is 0 Å². The fraction of sp³-hybridized carbons (Fsp3) is 0.444. The first-order valence-electron chi connectivity index (χ1n) is 7.67. The molecule has 0 amide bonds. The lowest BCUT2D eigenvalue weighted by molar-refractivity contribution is 0.0130. The molecule has 3 heteroatoms. The van der Waals surface area contributed by atoms with Gasteiger partial charge in [-0.05, 0) is 36.6 Å². The van der Waals surface area contributed by atoms with Gasteiger partial charge in [0.2, 0.25) is 0 Å². The van der Waals surface area contributed by atoms with Crippen LogP contribution in [0.3, 0.4) is 0 Å². The van der Waals surface area contributed by atoms with Gasteiger partial charge in [0.25, 0.3) is 0 Å². The number of fused-ring (bicyclic) bond motifs is 1. The lowest BCUT2D eigenvalue weighted by Gasteiger charge is -2.28. The van der Waals surface area contributed by atoms with E-state index in [2.05, 4.69) is 48.6 Å². The van der Waals surface area contributed by atoms with E-state index < -0.39 is 0 Å². The first kappa shape index (κ1) is 14.4. The molecule has 2 aromatic carbocycles. The third-order valence-corrected chi connectivity index (χ3v) is 4.27. The highest BCUT2D eigenvalue weighted by atomic mass is 16.5. The van der Waals surface area contributed by atoms with Crippen LogP contribution in [0.1, 0.15) is 25.3 Å². The second-order valence-electron chi connectivity index (χ2n) is 5.75. The zero-order valence-electron chi connectivity index (χ0n) is 12.8. The third kappa shape index (κ3) is 3.20. The van der Waals surface area contributed by atoms with Crippen LogP contribution in [-0.4, -0.2) is 25.9 Å². The van der Waals surface area contributed by atoms with Gasteiger partial charge in [-0.2, -0.15) is 0 Å². The van der Waals surface area contributed by atoms with E-state index in [1.165, 1.54) is 16.3 Å². The van der Waals surface area contributed by atoms with Crippen molar-refractivity contribution in [2.45, 2.75) is 38.5 Å². The molecule has 1 heterocycles. The van der Waals surface area contributed by atoms with Crippen molar-refractivity contribution in [1.82, 2.24) is 5.32 Å². The van der Waals surface area contributed by atoms with E-state index in [9.17, 15) is 0 Å². The van der Waals surface area contributed by atoms with Crippen molar-refractivity contribution in [2.75, 3.05) is 13.7 Å². The zero-order chi connectivity index (χ0) is 14.7. The Labute approximate surface area is 126 Å². The summed E-state index contributed by atoms with van der Waals surface area (Å²) in [7, 11) is 1.74. The molecule has 1 fully saturated rings. The van der Waals surface area contributed by atoms with Crippen LogP contribution in [0, 0.1) is 0 Å². The number of nitrogens with one attached hydrogen (secondary N) is 1. The molecule has 0 radical (unpaired) electrons. The topological polar surface area (TPSA) is 30.5 Å². The van der Waals surface area contributed by atoms with Crippen molar-refractivity contribution in [2.24, 2.45) is 0 Å². The fourth-order valence-corrected chi connectivity index (χ4v) is 3.12. The third-order valence-electron chi connectivity index (χ3n) is 4.27. The highest BCUT2D eigenvalue weighted by Crippen LogP contribution is 2.28. The SMILES string of the molecule is COc1ccc2ccccc2c1CNC1CCOC(C)C1. The number of benzene rings is 2. The van der Waals surface area contributed by atoms with Gasteiger partial charge in [-0.3, -0.25) is 0 Å². The minimum Gasteiger partial charge on any atom is -0.496 e. The zero-order valence-corrected chi connectivity index (χ0v) is 12.8. The summed E-state index contributed by atoms with van der Waals surface area (Å²) in [6.45, 7) is 3.83. The van der Waals surface area contributed by atoms with E-state index in [1.807, 2.05) is 0 Å². The molecule has 0 bridgehead atoms. The van der Waals surface area contributed by atoms with E-state index in [0.717, 1.165) is 31.7 Å². The molecule has 1 saturated heterocycles. The highest BCUT2D eigenvalue weighted by molar-refractivity contribution is 5.87. The average molecular weight is 285 g/mol. The molecule has 0 spiro atoms. The van der Waals surface area contributed by atoms with Crippen LogP contribution in [0.2, 0.25) is 0 Å². The summed E-state index contributed by atoms with van der Waals surface area (Å²) in [5.41, 5.74) is 1.25. The van der Waals surface area contributed by atoms with Crippen LogP contribution in [0.4, 0.5) is 0 Å². The van der Waals surface area contributed by atoms with Crippen molar-refractivity contribution >= 4 is 10.8 Å². The number of methoxy groups -OCH3 is 1. The molecular formula is C18H23NO2. The summed E-state index contributed by atoms with van der Waals surface area (Å²) in [5.74, 6) is 0.960. The minimum atomic E-state index is 0.352. The largest absolute Gasteiger partial charge is 0.496 e. The highest BCUT2D eigenvalue weighted by Gasteiger charge is 2.19. The number of hydrogen-bond donors (Lipinski definition) is 1. The van der Waals surface area contributed by atoms with Gasteiger partial charge in [0.05, 0.1) is 13.2 Å². The summed E-state index contributed by atoms with van der Waals surface area (Å²) >= 11 is 0. The van der Waals surface area contributed by atoms with Crippen LogP contribution in [0.15, 0.2) is 36.4 Å². The summed E-state index contributed by atoms with van der Waals surface area (Å²) in [5, 5.41) is 6.20. The van der Waals surface area contributed by atoms with Crippen LogP contribution < -0.4 is 10.1 Å². The quantitative estimate of drug-likeness (QED) is 0.932. The van der Waals surface area contributed by atoms with Crippen molar-refractivity contribution in [3.05, 3.63) is 42.0 Å². The molecule has 2 atom stereocenters. The van der Waals surface area contributed by atoms with E-state index in [1.54, 1.807) is 7.11 Å². The van der Waals surface area contributed by atoms with Gasteiger partial charge in [-0.25, -0.2) is 0 Å². The number of ether oxygens (including phenoxy) is 2. The molecule has 1 aliphatic rings. The lowest BCUT2D eigenvalue weighted by atomic mass is 10.0. The second kappa shape index (κ2) is 6.46. The van der Waals surface area contributed by atoms with Gasteiger partial charge >= 0.3 is 0 Å². The van der Waals surface area contributed by atoms with E-state index in [-0.39, 0.29) is 0 Å². The molecule has 112 valence electrons. The van der Waals surface area contributed by atoms with Gasteiger partial charge < -0.3 is 14.8 Å². The molecule has 1 N–H and O–H groups in total. The Morgan fingerprint density at radius 3 is 2.90 bits per heavy atom. The lowest BCUT2D eigenvalue weighted by Crippen LogP contribution is -2.37. The van der Waals surface area contributed by atoms with Crippen LogP contribution in [0.25, 0.3) is 10.8 Å². The van der Waals surface area contributed by atoms with Gasteiger partial charge in [0.1, 0.15) is 5.75 Å². The molecule has 0 aromatic heterocycles. The van der Waals surface area contributed by atoms with Crippen LogP contribution in [-0.2, 0) is 11.3 Å². The van der Waals surface area contributed by atoms with Crippen molar-refractivity contribution < 1.29 is 9.47 Å². The Bertz CT molecular complexity index is 611. The first-order chi connectivity index (χ1) is 10.3. The minimum absolute atomic E-state index is 0.352. The molecule has 1 aliphatic heterocycles. The molecule has 3 nitrogen and oxygen atoms in total. The van der Waals surface area contributed by atoms with E-state index in [4.69, 9.17) is 9.47 Å². The first-order valence-corrected chi connectivity index (χ1v) is 7.67. The second-order valence-corrected chi connectivity index (χ2v) is 5.75. The summed E-state index contributed by atoms with van der Waals surface area (Å²) in [6.07, 6.45) is 2.51. The smallest absolute Gasteiger partial charge is 0.123 e. The standard InChI is InChI=1S/C18H23NO2/c1-13-11-15(9-10-21-13)19-12-17-16-6-4-3-5-14(16)7-8-18(17)20-2/h3-8,13,15,19H,9-12H2,1-2H3. The van der Waals surface area contributed by atoms with Gasteiger partial charge in [-0.1, -0.05) is 30.3 Å². The predicted octanol–water partition coefficient (Wildman–Crippen LogP) is 3.51. The molecule has 0 saturated carbocycles. The van der Waals surface area contributed by atoms with Crippen LogP contribution in [0.5, 0.6) is 5.75 Å². The van der Waals surface area contributed by atoms with E-state index >= 15 is 0 Å². The van der Waals surface area contributed by atoms with Gasteiger partial charge in [-0.15, -0.1) is 0 Å². The van der Waals surface area contributed by atoms with Gasteiger partial charge in [0, 0.05) is 24.8 Å². The monoisotopic (exact) mass is 285 g/mol. The Kier molecular flexibility index (Phi) is 4.42. The maximum atomic E-state index is 5.61. The molecule has 2 unspecified atom stereocenters. The normalized spacial score (nSPS) is 22.4. The number of rotatable bonds is 4. The summed E-state index contributed by atoms with van der Waals surface area (Å²) in [4.78, 5) is 0. The van der Waals surface area contributed by atoms with Crippen molar-refractivity contribution in [3.8, 4) is 5.75 Å². The maximum absolute atomic E-state index is 5.61. The fourth-order valence-electron chi connectivity index (χ4n) is 3.12. The number of hydrogen-bond acceptors (Lipinski definition) is 3. The Morgan fingerprint density at radius 2 is 2.10 bits per heavy atom. The predicted molar refractivity (Wildman–Crippen MR) is 85.8 cm³/mol. The Morgan fingerprint density at radius 1 is 1.24 bits per heavy atom. The molecule has 0 aliphatic carbocycles. The van der Waals surface area contributed by atoms with Crippen molar-refractivity contribution in [3.63, 3.8) is 0 Å². The molecule has 3 rings (SSSR count). The molecular weight excluding hydrogens is 262 g/mol. The molecule has 2 aromatic rings. The molecule has 21 heavy (non-hydrogen) atoms. The Balaban J connectivity index is 1.81. The van der Waals surface area contributed by atoms with Crippen molar-refractivity contribution in [1.29, 1.82) is 0 Å². The van der Waals surface area contributed by atoms with E-state index in [0.29, 0.717) is 12.1 Å².